The average molecular weight is 579 g/mol. The van der Waals surface area contributed by atoms with Crippen LogP contribution in [-0.2, 0) is 24.6 Å². The van der Waals surface area contributed by atoms with Gasteiger partial charge in [-0.05, 0) is 78.0 Å². The molecule has 0 aliphatic carbocycles. The smallest absolute Gasteiger partial charge is 0.416 e. The first-order valence-corrected chi connectivity index (χ1v) is 13.7. The molecule has 8 heteroatoms. The van der Waals surface area contributed by atoms with E-state index in [0.717, 1.165) is 34.6 Å². The number of ether oxygens (including phenoxy) is 3. The fourth-order valence-corrected chi connectivity index (χ4v) is 4.46. The molecule has 222 valence electrons. The first kappa shape index (κ1) is 30.8. The van der Waals surface area contributed by atoms with Crippen molar-refractivity contribution in [2.75, 3.05) is 26.1 Å². The van der Waals surface area contributed by atoms with Crippen molar-refractivity contribution in [2.24, 2.45) is 0 Å². The van der Waals surface area contributed by atoms with Crippen molar-refractivity contribution < 1.29 is 27.4 Å². The van der Waals surface area contributed by atoms with Gasteiger partial charge < -0.3 is 24.8 Å². The van der Waals surface area contributed by atoms with Crippen LogP contribution in [0, 0.1) is 0 Å². The van der Waals surface area contributed by atoms with Crippen LogP contribution in [0.1, 0.15) is 43.0 Å². The lowest BCUT2D eigenvalue weighted by atomic mass is 9.87. The summed E-state index contributed by atoms with van der Waals surface area (Å²) in [6.45, 7) is 7.60. The molecule has 4 rings (SSSR count). The highest BCUT2D eigenvalue weighted by atomic mass is 19.4. The van der Waals surface area contributed by atoms with E-state index in [-0.39, 0.29) is 5.41 Å². The maximum atomic E-state index is 12.8. The molecule has 0 bridgehead atoms. The average Bonchev–Trinajstić information content (AvgIpc) is 2.96. The van der Waals surface area contributed by atoms with E-state index in [0.29, 0.717) is 42.5 Å². The predicted molar refractivity (Wildman–Crippen MR) is 161 cm³/mol. The number of hydrogen-bond donors (Lipinski definition) is 2. The van der Waals surface area contributed by atoms with Crippen LogP contribution in [0.15, 0.2) is 84.9 Å². The Hall–Kier alpha value is -4.17. The number of rotatable bonds is 11. The molecule has 0 saturated carbocycles. The van der Waals surface area contributed by atoms with Gasteiger partial charge in [-0.1, -0.05) is 45.0 Å². The monoisotopic (exact) mass is 578 g/mol. The van der Waals surface area contributed by atoms with Gasteiger partial charge in [-0.15, -0.1) is 0 Å². The number of anilines is 2. The Bertz CT molecular complexity index is 1420. The molecule has 4 aromatic rings. The van der Waals surface area contributed by atoms with Gasteiger partial charge in [-0.3, -0.25) is 0 Å². The maximum absolute atomic E-state index is 12.8. The molecule has 0 aliphatic rings. The Balaban J connectivity index is 1.35. The second-order valence-electron chi connectivity index (χ2n) is 11.0. The topological polar surface area (TPSA) is 51.8 Å². The van der Waals surface area contributed by atoms with Crippen molar-refractivity contribution in [3.05, 3.63) is 107 Å². The fourth-order valence-electron chi connectivity index (χ4n) is 4.46. The van der Waals surface area contributed by atoms with Gasteiger partial charge in [0.15, 0.2) is 0 Å². The van der Waals surface area contributed by atoms with Crippen LogP contribution >= 0.6 is 0 Å². The standard InChI is InChI=1S/C34H37F3N2O3/c1-33(2,3)24-10-12-26(13-11-24)39-27-14-16-28(17-15-27)42-29-20-31(40-4)30(32(21-29)41-5)22-38-19-18-23-6-8-25(9-7-23)34(35,36)37/h6-17,20-21,38-39H,18-19,22H2,1-5H3. The van der Waals surface area contributed by atoms with Gasteiger partial charge >= 0.3 is 6.18 Å². The fraction of sp³-hybridized carbons (Fsp3) is 0.294. The normalized spacial score (nSPS) is 11.7. The van der Waals surface area contributed by atoms with E-state index in [9.17, 15) is 13.2 Å². The zero-order valence-electron chi connectivity index (χ0n) is 24.6. The minimum Gasteiger partial charge on any atom is -0.496 e. The minimum atomic E-state index is -4.33. The van der Waals surface area contributed by atoms with Crippen molar-refractivity contribution in [3.63, 3.8) is 0 Å². The Morgan fingerprint density at radius 2 is 1.19 bits per heavy atom. The number of alkyl halides is 3. The Kier molecular flexibility index (Phi) is 9.68. The molecule has 0 fully saturated rings. The summed E-state index contributed by atoms with van der Waals surface area (Å²) in [5.74, 6) is 2.43. The van der Waals surface area contributed by atoms with Crippen LogP contribution in [0.4, 0.5) is 24.5 Å². The van der Waals surface area contributed by atoms with Gasteiger partial charge in [0.1, 0.15) is 23.0 Å². The Labute approximate surface area is 245 Å². The van der Waals surface area contributed by atoms with Crippen molar-refractivity contribution in [3.8, 4) is 23.0 Å². The summed E-state index contributed by atoms with van der Waals surface area (Å²) >= 11 is 0. The zero-order valence-corrected chi connectivity index (χ0v) is 24.6. The van der Waals surface area contributed by atoms with Gasteiger partial charge in [0, 0.05) is 30.1 Å². The van der Waals surface area contributed by atoms with Crippen LogP contribution in [0.5, 0.6) is 23.0 Å². The molecule has 4 aromatic carbocycles. The van der Waals surface area contributed by atoms with E-state index in [1.54, 1.807) is 26.4 Å². The van der Waals surface area contributed by atoms with Crippen LogP contribution < -0.4 is 24.8 Å². The molecule has 0 aromatic heterocycles. The second kappa shape index (κ2) is 13.2. The molecule has 0 heterocycles. The molecule has 0 amide bonds. The lowest BCUT2D eigenvalue weighted by Gasteiger charge is -2.19. The highest BCUT2D eigenvalue weighted by Crippen LogP contribution is 2.36. The van der Waals surface area contributed by atoms with Crippen LogP contribution in [0.3, 0.4) is 0 Å². The molecule has 0 aliphatic heterocycles. The third kappa shape index (κ3) is 8.19. The van der Waals surface area contributed by atoms with E-state index < -0.39 is 11.7 Å². The van der Waals surface area contributed by atoms with Crippen molar-refractivity contribution in [1.29, 1.82) is 0 Å². The van der Waals surface area contributed by atoms with Gasteiger partial charge in [0.25, 0.3) is 0 Å². The van der Waals surface area contributed by atoms with Gasteiger partial charge in [-0.25, -0.2) is 0 Å². The minimum absolute atomic E-state index is 0.107. The van der Waals surface area contributed by atoms with E-state index in [4.69, 9.17) is 14.2 Å². The molecule has 42 heavy (non-hydrogen) atoms. The highest BCUT2D eigenvalue weighted by Gasteiger charge is 2.29. The van der Waals surface area contributed by atoms with Crippen molar-refractivity contribution in [1.82, 2.24) is 5.32 Å². The number of benzene rings is 4. The number of halogens is 3. The van der Waals surface area contributed by atoms with E-state index in [2.05, 4.69) is 55.7 Å². The molecule has 0 radical (unpaired) electrons. The third-order valence-electron chi connectivity index (χ3n) is 6.88. The largest absolute Gasteiger partial charge is 0.496 e. The lowest BCUT2D eigenvalue weighted by Crippen LogP contribution is -2.18. The Morgan fingerprint density at radius 1 is 0.667 bits per heavy atom. The lowest BCUT2D eigenvalue weighted by molar-refractivity contribution is -0.137. The van der Waals surface area contributed by atoms with E-state index in [1.165, 1.54) is 17.7 Å². The molecular formula is C34H37F3N2O3. The highest BCUT2D eigenvalue weighted by molar-refractivity contribution is 5.61. The quantitative estimate of drug-likeness (QED) is 0.174. The summed E-state index contributed by atoms with van der Waals surface area (Å²) in [5, 5.41) is 6.73. The van der Waals surface area contributed by atoms with Crippen molar-refractivity contribution in [2.45, 2.75) is 45.3 Å². The first-order chi connectivity index (χ1) is 20.0. The summed E-state index contributed by atoms with van der Waals surface area (Å²) < 4.78 is 55.7. The number of nitrogens with one attached hydrogen (secondary N) is 2. The summed E-state index contributed by atoms with van der Waals surface area (Å²) in [6.07, 6.45) is -3.75. The van der Waals surface area contributed by atoms with E-state index in [1.807, 2.05) is 24.3 Å². The van der Waals surface area contributed by atoms with Gasteiger partial charge in [-0.2, -0.15) is 13.2 Å². The Morgan fingerprint density at radius 3 is 1.69 bits per heavy atom. The summed E-state index contributed by atoms with van der Waals surface area (Å²) in [6, 6.07) is 25.0. The number of hydrogen-bond acceptors (Lipinski definition) is 5. The third-order valence-corrected chi connectivity index (χ3v) is 6.88. The predicted octanol–water partition coefficient (Wildman–Crippen LogP) is 8.89. The first-order valence-electron chi connectivity index (χ1n) is 13.7. The SMILES string of the molecule is COc1cc(Oc2ccc(Nc3ccc(C(C)(C)C)cc3)cc2)cc(OC)c1CNCCc1ccc(C(F)(F)F)cc1. The second-order valence-corrected chi connectivity index (χ2v) is 11.0. The van der Waals surface area contributed by atoms with Crippen LogP contribution in [-0.4, -0.2) is 20.8 Å². The molecule has 0 atom stereocenters. The van der Waals surface area contributed by atoms with Gasteiger partial charge in [0.2, 0.25) is 0 Å². The zero-order chi connectivity index (χ0) is 30.3. The maximum Gasteiger partial charge on any atom is 0.416 e. The van der Waals surface area contributed by atoms with Crippen LogP contribution in [0.2, 0.25) is 0 Å². The molecule has 0 spiro atoms. The number of methoxy groups -OCH3 is 2. The summed E-state index contributed by atoms with van der Waals surface area (Å²) in [4.78, 5) is 0. The summed E-state index contributed by atoms with van der Waals surface area (Å²) in [7, 11) is 3.16. The molecular weight excluding hydrogens is 541 g/mol. The van der Waals surface area contributed by atoms with Gasteiger partial charge in [0.05, 0.1) is 25.3 Å². The van der Waals surface area contributed by atoms with Crippen LogP contribution in [0.25, 0.3) is 0 Å². The van der Waals surface area contributed by atoms with Crippen molar-refractivity contribution >= 4 is 11.4 Å². The molecule has 0 unspecified atom stereocenters. The van der Waals surface area contributed by atoms with E-state index >= 15 is 0 Å². The molecule has 5 nitrogen and oxygen atoms in total. The molecule has 0 saturated heterocycles. The molecule has 2 N–H and O–H groups in total. The summed E-state index contributed by atoms with van der Waals surface area (Å²) in [5.41, 5.74) is 4.33.